The second-order valence-electron chi connectivity index (χ2n) is 7.79. The van der Waals surface area contributed by atoms with Crippen LogP contribution in [0.2, 0.25) is 5.02 Å². The Bertz CT molecular complexity index is 973. The lowest BCUT2D eigenvalue weighted by molar-refractivity contribution is -0.119. The Hall–Kier alpha value is -2.09. The third-order valence-electron chi connectivity index (χ3n) is 5.28. The molecule has 0 atom stereocenters. The van der Waals surface area contributed by atoms with E-state index in [1.54, 1.807) is 18.2 Å². The van der Waals surface area contributed by atoms with Gasteiger partial charge in [0.1, 0.15) is 6.54 Å². The highest BCUT2D eigenvalue weighted by atomic mass is 35.5. The maximum atomic E-state index is 13.3. The highest BCUT2D eigenvalue weighted by Gasteiger charge is 2.27. The lowest BCUT2D eigenvalue weighted by atomic mass is 10.2. The fraction of sp³-hybridized carbons (Fsp3) is 0.435. The van der Waals surface area contributed by atoms with Crippen LogP contribution in [0.1, 0.15) is 37.7 Å². The van der Waals surface area contributed by atoms with Gasteiger partial charge in [0.05, 0.1) is 16.7 Å². The summed E-state index contributed by atoms with van der Waals surface area (Å²) in [4.78, 5) is 12.7. The second-order valence-corrected chi connectivity index (χ2v) is 10.1. The first-order valence-corrected chi connectivity index (χ1v) is 12.4. The molecule has 1 saturated carbocycles. The number of carbonyl (C=O) groups excluding carboxylic acids is 1. The number of aryl methyl sites for hydroxylation is 1. The van der Waals surface area contributed by atoms with E-state index in [1.807, 2.05) is 13.0 Å². The summed E-state index contributed by atoms with van der Waals surface area (Å²) >= 11 is 5.90. The molecule has 1 amide bonds. The molecule has 6 nitrogen and oxygen atoms in total. The molecule has 1 fully saturated rings. The lowest BCUT2D eigenvalue weighted by Gasteiger charge is -2.24. The predicted octanol–water partition coefficient (Wildman–Crippen LogP) is 4.31. The molecule has 0 spiro atoms. The topological polar surface area (TPSA) is 75.7 Å². The molecule has 2 aromatic carbocycles. The molecule has 0 bridgehead atoms. The van der Waals surface area contributed by atoms with Gasteiger partial charge in [-0.2, -0.15) is 0 Å². The number of hydrogen-bond acceptors (Lipinski definition) is 4. The number of amides is 1. The van der Waals surface area contributed by atoms with Crippen LogP contribution < -0.4 is 9.62 Å². The molecular formula is C23H29ClN2O4S. The molecule has 0 saturated heterocycles. The van der Waals surface area contributed by atoms with E-state index in [2.05, 4.69) is 5.32 Å². The summed E-state index contributed by atoms with van der Waals surface area (Å²) < 4.78 is 33.5. The first-order valence-electron chi connectivity index (χ1n) is 10.6. The van der Waals surface area contributed by atoms with Crippen molar-refractivity contribution in [1.29, 1.82) is 0 Å². The standard InChI is InChI=1S/C23H29ClN2O4S/c1-18-6-4-7-20(16-18)26(31(28,29)22-12-10-19(24)11-13-22)17-23(27)25-14-5-15-30-21-8-2-3-9-21/h4,6-7,10-13,16,21H,2-3,5,8-9,14-15,17H2,1H3,(H,25,27). The molecule has 1 N–H and O–H groups in total. The SMILES string of the molecule is Cc1cccc(N(CC(=O)NCCCOC2CCCC2)S(=O)(=O)c2ccc(Cl)cc2)c1. The van der Waals surface area contributed by atoms with Gasteiger partial charge in [-0.3, -0.25) is 9.10 Å². The van der Waals surface area contributed by atoms with Crippen molar-refractivity contribution in [3.63, 3.8) is 0 Å². The van der Waals surface area contributed by atoms with Crippen LogP contribution in [0, 0.1) is 6.92 Å². The minimum absolute atomic E-state index is 0.0798. The van der Waals surface area contributed by atoms with Crippen molar-refractivity contribution in [2.45, 2.75) is 50.0 Å². The van der Waals surface area contributed by atoms with Crippen molar-refractivity contribution in [2.75, 3.05) is 24.0 Å². The highest BCUT2D eigenvalue weighted by Crippen LogP contribution is 2.25. The third kappa shape index (κ3) is 6.69. The van der Waals surface area contributed by atoms with Crippen molar-refractivity contribution in [2.24, 2.45) is 0 Å². The van der Waals surface area contributed by atoms with Crippen LogP contribution in [0.25, 0.3) is 0 Å². The van der Waals surface area contributed by atoms with Gasteiger partial charge in [-0.1, -0.05) is 36.6 Å². The summed E-state index contributed by atoms with van der Waals surface area (Å²) in [6.45, 7) is 2.60. The lowest BCUT2D eigenvalue weighted by Crippen LogP contribution is -2.41. The zero-order valence-corrected chi connectivity index (χ0v) is 19.3. The number of nitrogens with zero attached hydrogens (tertiary/aromatic N) is 1. The monoisotopic (exact) mass is 464 g/mol. The molecule has 1 aliphatic carbocycles. The minimum atomic E-state index is -3.94. The molecule has 31 heavy (non-hydrogen) atoms. The number of ether oxygens (including phenoxy) is 1. The number of nitrogens with one attached hydrogen (secondary N) is 1. The number of rotatable bonds is 10. The van der Waals surface area contributed by atoms with Gasteiger partial charge in [-0.15, -0.1) is 0 Å². The van der Waals surface area contributed by atoms with E-state index in [-0.39, 0.29) is 17.3 Å². The summed E-state index contributed by atoms with van der Waals surface area (Å²) in [5.74, 6) is -0.361. The largest absolute Gasteiger partial charge is 0.378 e. The summed E-state index contributed by atoms with van der Waals surface area (Å²) in [5, 5.41) is 3.25. The fourth-order valence-corrected chi connectivity index (χ4v) is 5.16. The smallest absolute Gasteiger partial charge is 0.264 e. The van der Waals surface area contributed by atoms with E-state index >= 15 is 0 Å². The second kappa shape index (κ2) is 11.0. The van der Waals surface area contributed by atoms with Gasteiger partial charge in [0.25, 0.3) is 10.0 Å². The van der Waals surface area contributed by atoms with Gasteiger partial charge in [0.15, 0.2) is 0 Å². The summed E-state index contributed by atoms with van der Waals surface area (Å²) in [5.41, 5.74) is 1.34. The molecule has 2 aromatic rings. The molecule has 168 valence electrons. The van der Waals surface area contributed by atoms with Gasteiger partial charge >= 0.3 is 0 Å². The molecule has 3 rings (SSSR count). The van der Waals surface area contributed by atoms with Crippen LogP contribution in [0.15, 0.2) is 53.4 Å². The maximum Gasteiger partial charge on any atom is 0.264 e. The Morgan fingerprint density at radius 1 is 1.16 bits per heavy atom. The molecule has 0 unspecified atom stereocenters. The fourth-order valence-electron chi connectivity index (χ4n) is 3.62. The Morgan fingerprint density at radius 3 is 2.55 bits per heavy atom. The van der Waals surface area contributed by atoms with Gasteiger partial charge in [-0.05, 0) is 68.1 Å². The van der Waals surface area contributed by atoms with Gasteiger partial charge < -0.3 is 10.1 Å². The molecular weight excluding hydrogens is 436 g/mol. The summed E-state index contributed by atoms with van der Waals surface area (Å²) in [7, 11) is -3.94. The van der Waals surface area contributed by atoms with Crippen molar-refractivity contribution < 1.29 is 17.9 Å². The van der Waals surface area contributed by atoms with Gasteiger partial charge in [0, 0.05) is 18.2 Å². The maximum absolute atomic E-state index is 13.3. The summed E-state index contributed by atoms with van der Waals surface area (Å²) in [6.07, 6.45) is 5.70. The molecule has 0 aromatic heterocycles. The van der Waals surface area contributed by atoms with E-state index in [9.17, 15) is 13.2 Å². The van der Waals surface area contributed by atoms with E-state index in [0.717, 1.165) is 22.7 Å². The molecule has 0 heterocycles. The van der Waals surface area contributed by atoms with Crippen LogP contribution in [0.4, 0.5) is 5.69 Å². The molecule has 8 heteroatoms. The number of benzene rings is 2. The summed E-state index contributed by atoms with van der Waals surface area (Å²) in [6, 6.07) is 13.0. The first kappa shape index (κ1) is 23.6. The quantitative estimate of drug-likeness (QED) is 0.531. The van der Waals surface area contributed by atoms with E-state index in [1.165, 1.54) is 37.1 Å². The zero-order valence-electron chi connectivity index (χ0n) is 17.7. The van der Waals surface area contributed by atoms with E-state index in [0.29, 0.717) is 36.4 Å². The van der Waals surface area contributed by atoms with E-state index in [4.69, 9.17) is 16.3 Å². The Morgan fingerprint density at radius 2 is 1.87 bits per heavy atom. The normalized spacial score (nSPS) is 14.5. The predicted molar refractivity (Wildman–Crippen MR) is 123 cm³/mol. The Kier molecular flexibility index (Phi) is 8.35. The first-order chi connectivity index (χ1) is 14.9. The van der Waals surface area contributed by atoms with Crippen LogP contribution in [-0.2, 0) is 19.6 Å². The Balaban J connectivity index is 1.65. The number of halogens is 1. The minimum Gasteiger partial charge on any atom is -0.378 e. The Labute approximate surface area is 189 Å². The molecule has 0 aliphatic heterocycles. The number of hydrogen-bond donors (Lipinski definition) is 1. The highest BCUT2D eigenvalue weighted by molar-refractivity contribution is 7.92. The van der Waals surface area contributed by atoms with Crippen molar-refractivity contribution in [3.05, 3.63) is 59.1 Å². The van der Waals surface area contributed by atoms with Gasteiger partial charge in [0.2, 0.25) is 5.91 Å². The molecule has 1 aliphatic rings. The number of sulfonamides is 1. The molecule has 0 radical (unpaired) electrons. The van der Waals surface area contributed by atoms with Crippen molar-refractivity contribution >= 4 is 33.2 Å². The number of anilines is 1. The van der Waals surface area contributed by atoms with Crippen molar-refractivity contribution in [3.8, 4) is 0 Å². The van der Waals surface area contributed by atoms with Crippen LogP contribution in [0.5, 0.6) is 0 Å². The average molecular weight is 465 g/mol. The van der Waals surface area contributed by atoms with Crippen LogP contribution in [-0.4, -0.2) is 40.1 Å². The van der Waals surface area contributed by atoms with Crippen LogP contribution >= 0.6 is 11.6 Å². The van der Waals surface area contributed by atoms with Gasteiger partial charge in [-0.25, -0.2) is 8.42 Å². The zero-order chi connectivity index (χ0) is 22.3. The third-order valence-corrected chi connectivity index (χ3v) is 7.32. The number of carbonyl (C=O) groups is 1. The van der Waals surface area contributed by atoms with Crippen LogP contribution in [0.3, 0.4) is 0 Å². The van der Waals surface area contributed by atoms with E-state index < -0.39 is 10.0 Å². The van der Waals surface area contributed by atoms with Crippen molar-refractivity contribution in [1.82, 2.24) is 5.32 Å². The average Bonchev–Trinajstić information content (AvgIpc) is 3.25.